The SMILES string of the molecule is CC(=O)Nc1ccc(O[C@@H]2C=C[C@H](O[C@@H]3O[C@H](CO)[C@H](O)[C@H](O)[C@H]3O)[C@@H](CO)O2)cc1. The van der Waals surface area contributed by atoms with Gasteiger partial charge in [0.25, 0.3) is 0 Å². The highest BCUT2D eigenvalue weighted by Gasteiger charge is 2.45. The second-order valence-electron chi connectivity index (χ2n) is 7.23. The van der Waals surface area contributed by atoms with Gasteiger partial charge in [0.2, 0.25) is 12.2 Å². The fourth-order valence-electron chi connectivity index (χ4n) is 3.26. The van der Waals surface area contributed by atoms with Crippen LogP contribution in [-0.4, -0.2) is 93.9 Å². The number of rotatable bonds is 7. The fraction of sp³-hybridized carbons (Fsp3) is 0.550. The van der Waals surface area contributed by atoms with Crippen molar-refractivity contribution in [2.45, 2.75) is 56.1 Å². The molecule has 8 atom stereocenters. The van der Waals surface area contributed by atoms with E-state index in [1.54, 1.807) is 36.4 Å². The van der Waals surface area contributed by atoms with E-state index in [0.717, 1.165) is 0 Å². The predicted octanol–water partition coefficient (Wildman–Crippen LogP) is -1.52. The van der Waals surface area contributed by atoms with Crippen LogP contribution in [0.3, 0.4) is 0 Å². The molecule has 2 aliphatic heterocycles. The van der Waals surface area contributed by atoms with E-state index in [-0.39, 0.29) is 5.91 Å². The molecule has 11 heteroatoms. The van der Waals surface area contributed by atoms with E-state index in [0.29, 0.717) is 11.4 Å². The van der Waals surface area contributed by atoms with Gasteiger partial charge in [-0.3, -0.25) is 4.79 Å². The monoisotopic (exact) mass is 441 g/mol. The summed E-state index contributed by atoms with van der Waals surface area (Å²) in [5, 5.41) is 51.4. The number of benzene rings is 1. The number of aliphatic hydroxyl groups is 5. The van der Waals surface area contributed by atoms with Gasteiger partial charge in [-0.15, -0.1) is 0 Å². The first-order valence-corrected chi connectivity index (χ1v) is 9.77. The fourth-order valence-corrected chi connectivity index (χ4v) is 3.26. The Morgan fingerprint density at radius 2 is 1.65 bits per heavy atom. The van der Waals surface area contributed by atoms with Crippen molar-refractivity contribution in [2.75, 3.05) is 18.5 Å². The van der Waals surface area contributed by atoms with Gasteiger partial charge < -0.3 is 49.8 Å². The molecular weight excluding hydrogens is 414 g/mol. The van der Waals surface area contributed by atoms with E-state index in [9.17, 15) is 30.3 Å². The van der Waals surface area contributed by atoms with Gasteiger partial charge in [0.1, 0.15) is 42.4 Å². The van der Waals surface area contributed by atoms with E-state index in [2.05, 4.69) is 5.32 Å². The van der Waals surface area contributed by atoms with E-state index < -0.39 is 62.4 Å². The van der Waals surface area contributed by atoms with Crippen LogP contribution in [0.5, 0.6) is 5.75 Å². The third kappa shape index (κ3) is 5.79. The molecule has 1 aromatic carbocycles. The first-order chi connectivity index (χ1) is 14.8. The lowest BCUT2D eigenvalue weighted by atomic mass is 9.99. The van der Waals surface area contributed by atoms with Crippen molar-refractivity contribution < 1.29 is 49.3 Å². The molecule has 0 spiro atoms. The molecule has 2 aliphatic rings. The molecule has 11 nitrogen and oxygen atoms in total. The first-order valence-electron chi connectivity index (χ1n) is 9.77. The zero-order chi connectivity index (χ0) is 22.5. The van der Waals surface area contributed by atoms with Crippen molar-refractivity contribution in [3.8, 4) is 5.75 Å². The smallest absolute Gasteiger partial charge is 0.221 e. The second kappa shape index (κ2) is 10.5. The molecule has 3 rings (SSSR count). The lowest BCUT2D eigenvalue weighted by Gasteiger charge is -2.42. The average Bonchev–Trinajstić information content (AvgIpc) is 2.76. The van der Waals surface area contributed by atoms with Crippen LogP contribution in [0.15, 0.2) is 36.4 Å². The van der Waals surface area contributed by atoms with Gasteiger partial charge in [0.15, 0.2) is 6.29 Å². The highest BCUT2D eigenvalue weighted by atomic mass is 16.7. The number of carbonyl (C=O) groups excluding carboxylic acids is 1. The van der Waals surface area contributed by atoms with Crippen LogP contribution in [0, 0.1) is 0 Å². The quantitative estimate of drug-likeness (QED) is 0.274. The summed E-state index contributed by atoms with van der Waals surface area (Å²) in [5.41, 5.74) is 0.612. The summed E-state index contributed by atoms with van der Waals surface area (Å²) < 4.78 is 22.3. The van der Waals surface area contributed by atoms with Crippen LogP contribution >= 0.6 is 0 Å². The zero-order valence-corrected chi connectivity index (χ0v) is 16.8. The summed E-state index contributed by atoms with van der Waals surface area (Å²) >= 11 is 0. The number of anilines is 1. The minimum Gasteiger partial charge on any atom is -0.461 e. The van der Waals surface area contributed by atoms with Crippen LogP contribution in [0.1, 0.15) is 6.92 Å². The van der Waals surface area contributed by atoms with Gasteiger partial charge in [0, 0.05) is 12.6 Å². The summed E-state index contributed by atoms with van der Waals surface area (Å²) in [7, 11) is 0. The van der Waals surface area contributed by atoms with Gasteiger partial charge in [-0.1, -0.05) is 6.08 Å². The number of ether oxygens (including phenoxy) is 4. The van der Waals surface area contributed by atoms with Crippen LogP contribution in [0.4, 0.5) is 5.69 Å². The molecule has 1 amide bonds. The second-order valence-corrected chi connectivity index (χ2v) is 7.23. The van der Waals surface area contributed by atoms with Crippen LogP contribution in [-0.2, 0) is 19.0 Å². The van der Waals surface area contributed by atoms with Crippen LogP contribution in [0.25, 0.3) is 0 Å². The lowest BCUT2D eigenvalue weighted by Crippen LogP contribution is -2.60. The van der Waals surface area contributed by atoms with Gasteiger partial charge in [-0.25, -0.2) is 0 Å². The Kier molecular flexibility index (Phi) is 7.97. The number of hydrogen-bond acceptors (Lipinski definition) is 10. The molecule has 0 saturated carbocycles. The Hall–Kier alpha value is -2.09. The summed E-state index contributed by atoms with van der Waals surface area (Å²) in [5.74, 6) is 0.275. The number of carbonyl (C=O) groups is 1. The largest absolute Gasteiger partial charge is 0.461 e. The maximum absolute atomic E-state index is 11.1. The zero-order valence-electron chi connectivity index (χ0n) is 16.8. The van der Waals surface area contributed by atoms with Crippen molar-refractivity contribution in [1.29, 1.82) is 0 Å². The minimum atomic E-state index is -1.58. The van der Waals surface area contributed by atoms with E-state index >= 15 is 0 Å². The van der Waals surface area contributed by atoms with Gasteiger partial charge in [-0.05, 0) is 30.3 Å². The van der Waals surface area contributed by atoms with Crippen molar-refractivity contribution in [3.63, 3.8) is 0 Å². The van der Waals surface area contributed by atoms with Crippen LogP contribution in [0.2, 0.25) is 0 Å². The highest BCUT2D eigenvalue weighted by molar-refractivity contribution is 5.88. The van der Waals surface area contributed by atoms with Gasteiger partial charge in [0.05, 0.1) is 13.2 Å². The average molecular weight is 441 g/mol. The maximum Gasteiger partial charge on any atom is 0.221 e. The molecule has 0 unspecified atom stereocenters. The molecule has 31 heavy (non-hydrogen) atoms. The van der Waals surface area contributed by atoms with E-state index in [4.69, 9.17) is 18.9 Å². The standard InChI is InChI=1S/C20H27NO10/c1-10(24)21-11-2-4-12(5-3-11)28-16-7-6-13(14(8-22)29-16)30-20-19(27)18(26)17(25)15(9-23)31-20/h2-7,13-20,22-23,25-27H,8-9H2,1H3,(H,21,24)/t13-,14+,15+,16-,17-,18-,19+,20+/m0/s1. The van der Waals surface area contributed by atoms with Crippen molar-refractivity contribution >= 4 is 11.6 Å². The normalized spacial score (nSPS) is 35.5. The Labute approximate surface area is 178 Å². The Morgan fingerprint density at radius 1 is 0.968 bits per heavy atom. The molecular formula is C20H27NO10. The molecule has 0 radical (unpaired) electrons. The predicted molar refractivity (Wildman–Crippen MR) is 105 cm³/mol. The van der Waals surface area contributed by atoms with Crippen molar-refractivity contribution in [3.05, 3.63) is 36.4 Å². The third-order valence-electron chi connectivity index (χ3n) is 4.88. The molecule has 6 N–H and O–H groups in total. The number of amides is 1. The van der Waals surface area contributed by atoms with Crippen molar-refractivity contribution in [1.82, 2.24) is 0 Å². The Balaban J connectivity index is 1.62. The summed E-state index contributed by atoms with van der Waals surface area (Å²) in [6, 6.07) is 6.62. The van der Waals surface area contributed by atoms with Crippen molar-refractivity contribution in [2.24, 2.45) is 0 Å². The summed E-state index contributed by atoms with van der Waals surface area (Å²) in [6.45, 7) is 0.387. The molecule has 1 fully saturated rings. The molecule has 0 aromatic heterocycles. The van der Waals surface area contributed by atoms with E-state index in [1.807, 2.05) is 0 Å². The summed E-state index contributed by atoms with van der Waals surface area (Å²) in [6.07, 6.45) is -6.57. The summed E-state index contributed by atoms with van der Waals surface area (Å²) in [4.78, 5) is 11.1. The Morgan fingerprint density at radius 3 is 2.26 bits per heavy atom. The number of nitrogens with one attached hydrogen (secondary N) is 1. The lowest BCUT2D eigenvalue weighted by molar-refractivity contribution is -0.317. The first kappa shape index (κ1) is 23.6. The van der Waals surface area contributed by atoms with Crippen LogP contribution < -0.4 is 10.1 Å². The Bertz CT molecular complexity index is 755. The van der Waals surface area contributed by atoms with Gasteiger partial charge >= 0.3 is 0 Å². The molecule has 1 aromatic rings. The maximum atomic E-state index is 11.1. The number of aliphatic hydroxyl groups excluding tert-OH is 5. The molecule has 172 valence electrons. The topological polar surface area (TPSA) is 167 Å². The minimum absolute atomic E-state index is 0.191. The molecule has 0 bridgehead atoms. The molecule has 2 heterocycles. The molecule has 1 saturated heterocycles. The number of hydrogen-bond donors (Lipinski definition) is 6. The highest BCUT2D eigenvalue weighted by Crippen LogP contribution is 2.27. The van der Waals surface area contributed by atoms with E-state index in [1.165, 1.54) is 6.92 Å². The van der Waals surface area contributed by atoms with Gasteiger partial charge in [-0.2, -0.15) is 0 Å². The molecule has 0 aliphatic carbocycles. The third-order valence-corrected chi connectivity index (χ3v) is 4.88.